The summed E-state index contributed by atoms with van der Waals surface area (Å²) in [4.78, 5) is 16.6. The van der Waals surface area contributed by atoms with E-state index in [-0.39, 0.29) is 0 Å². The standard InChI is InChI=1S/C22H17ClN6/c23-16-8-6-14(7-9-16)17-11-29(22-20(17)21(24)26-13-27-22)12-19-25-10-18(28-19)15-4-2-1-3-5-15/h1-11,13H,12H2,(H,25,28)(H2,24,26,27). The number of aromatic nitrogens is 5. The zero-order valence-corrected chi connectivity index (χ0v) is 16.1. The van der Waals surface area contributed by atoms with Crippen molar-refractivity contribution in [1.82, 2.24) is 24.5 Å². The van der Waals surface area contributed by atoms with E-state index in [1.165, 1.54) is 6.33 Å². The molecule has 0 saturated heterocycles. The van der Waals surface area contributed by atoms with Crippen LogP contribution in [0.25, 0.3) is 33.4 Å². The lowest BCUT2D eigenvalue weighted by atomic mass is 10.1. The fourth-order valence-electron chi connectivity index (χ4n) is 3.48. The Labute approximate surface area is 172 Å². The Kier molecular flexibility index (Phi) is 4.26. The van der Waals surface area contributed by atoms with Crippen LogP contribution < -0.4 is 5.73 Å². The van der Waals surface area contributed by atoms with Gasteiger partial charge in [0.25, 0.3) is 0 Å². The summed E-state index contributed by atoms with van der Waals surface area (Å²) in [6.45, 7) is 0.535. The predicted molar refractivity (Wildman–Crippen MR) is 116 cm³/mol. The van der Waals surface area contributed by atoms with Crippen LogP contribution in [0.3, 0.4) is 0 Å². The van der Waals surface area contributed by atoms with E-state index < -0.39 is 0 Å². The van der Waals surface area contributed by atoms with Gasteiger partial charge < -0.3 is 15.3 Å². The largest absolute Gasteiger partial charge is 0.383 e. The Morgan fingerprint density at radius 2 is 1.76 bits per heavy atom. The van der Waals surface area contributed by atoms with Crippen LogP contribution in [0.15, 0.2) is 73.3 Å². The van der Waals surface area contributed by atoms with Gasteiger partial charge in [-0.1, -0.05) is 54.1 Å². The van der Waals surface area contributed by atoms with E-state index in [9.17, 15) is 0 Å². The summed E-state index contributed by atoms with van der Waals surface area (Å²) >= 11 is 6.05. The van der Waals surface area contributed by atoms with Crippen molar-refractivity contribution in [2.24, 2.45) is 0 Å². The van der Waals surface area contributed by atoms with E-state index in [1.54, 1.807) is 0 Å². The third-order valence-electron chi connectivity index (χ3n) is 4.86. The predicted octanol–water partition coefficient (Wildman–Crippen LogP) is 4.77. The topological polar surface area (TPSA) is 85.4 Å². The first kappa shape index (κ1) is 17.5. The lowest BCUT2D eigenvalue weighted by Gasteiger charge is -2.02. The second-order valence-corrected chi connectivity index (χ2v) is 7.17. The first-order valence-electron chi connectivity index (χ1n) is 9.14. The first-order valence-corrected chi connectivity index (χ1v) is 9.52. The normalized spacial score (nSPS) is 11.2. The van der Waals surface area contributed by atoms with Crippen molar-refractivity contribution in [3.63, 3.8) is 0 Å². The Bertz CT molecular complexity index is 1290. The van der Waals surface area contributed by atoms with Gasteiger partial charge in [-0.3, -0.25) is 0 Å². The molecule has 0 fully saturated rings. The molecular weight excluding hydrogens is 384 g/mol. The van der Waals surface area contributed by atoms with Gasteiger partial charge in [0.1, 0.15) is 23.6 Å². The van der Waals surface area contributed by atoms with Crippen LogP contribution in [-0.2, 0) is 6.54 Å². The highest BCUT2D eigenvalue weighted by molar-refractivity contribution is 6.30. The Morgan fingerprint density at radius 1 is 0.966 bits per heavy atom. The number of nitrogens with zero attached hydrogens (tertiary/aromatic N) is 4. The lowest BCUT2D eigenvalue weighted by molar-refractivity contribution is 0.778. The van der Waals surface area contributed by atoms with E-state index in [0.717, 1.165) is 39.2 Å². The quantitative estimate of drug-likeness (QED) is 0.455. The Morgan fingerprint density at radius 3 is 2.55 bits per heavy atom. The summed E-state index contributed by atoms with van der Waals surface area (Å²) < 4.78 is 2.03. The summed E-state index contributed by atoms with van der Waals surface area (Å²) in [5.74, 6) is 1.28. The van der Waals surface area contributed by atoms with E-state index in [1.807, 2.05) is 71.6 Å². The van der Waals surface area contributed by atoms with Crippen molar-refractivity contribution in [3.05, 3.63) is 84.2 Å². The molecule has 0 amide bonds. The molecule has 29 heavy (non-hydrogen) atoms. The molecule has 3 aromatic heterocycles. The molecule has 0 aliphatic rings. The monoisotopic (exact) mass is 400 g/mol. The maximum atomic E-state index is 6.20. The molecule has 6 nitrogen and oxygen atoms in total. The molecule has 0 radical (unpaired) electrons. The molecule has 142 valence electrons. The van der Waals surface area contributed by atoms with Crippen LogP contribution in [0.1, 0.15) is 5.82 Å². The van der Waals surface area contributed by atoms with E-state index in [4.69, 9.17) is 22.3 Å². The average molecular weight is 401 g/mol. The number of anilines is 1. The zero-order chi connectivity index (χ0) is 19.8. The molecule has 3 N–H and O–H groups in total. The minimum absolute atomic E-state index is 0.447. The number of halogens is 1. The number of rotatable bonds is 4. The maximum absolute atomic E-state index is 6.20. The smallest absolute Gasteiger partial charge is 0.146 e. The van der Waals surface area contributed by atoms with Crippen LogP contribution in [0, 0.1) is 0 Å². The third-order valence-corrected chi connectivity index (χ3v) is 5.11. The van der Waals surface area contributed by atoms with Crippen LogP contribution in [0.4, 0.5) is 5.82 Å². The van der Waals surface area contributed by atoms with Crippen molar-refractivity contribution >= 4 is 28.5 Å². The van der Waals surface area contributed by atoms with Crippen molar-refractivity contribution in [2.75, 3.05) is 5.73 Å². The molecule has 0 atom stereocenters. The molecule has 0 spiro atoms. The zero-order valence-electron chi connectivity index (χ0n) is 15.4. The fourth-order valence-corrected chi connectivity index (χ4v) is 3.60. The summed E-state index contributed by atoms with van der Waals surface area (Å²) in [7, 11) is 0. The van der Waals surface area contributed by atoms with Crippen molar-refractivity contribution in [3.8, 4) is 22.4 Å². The van der Waals surface area contributed by atoms with E-state index in [0.29, 0.717) is 17.4 Å². The molecule has 0 bridgehead atoms. The second-order valence-electron chi connectivity index (χ2n) is 6.73. The Hall–Kier alpha value is -3.64. The van der Waals surface area contributed by atoms with Crippen LogP contribution in [-0.4, -0.2) is 24.5 Å². The number of H-pyrrole nitrogens is 1. The fraction of sp³-hybridized carbons (Fsp3) is 0.0455. The summed E-state index contributed by atoms with van der Waals surface area (Å²) in [5.41, 5.74) is 10.9. The minimum Gasteiger partial charge on any atom is -0.383 e. The van der Waals surface area contributed by atoms with E-state index >= 15 is 0 Å². The van der Waals surface area contributed by atoms with Gasteiger partial charge in [0.05, 0.1) is 17.6 Å². The highest BCUT2D eigenvalue weighted by Gasteiger charge is 2.16. The van der Waals surface area contributed by atoms with Gasteiger partial charge in [-0.25, -0.2) is 15.0 Å². The molecule has 0 aliphatic heterocycles. The number of benzene rings is 2. The molecule has 3 heterocycles. The number of aromatic amines is 1. The third kappa shape index (κ3) is 3.23. The molecule has 0 saturated carbocycles. The Balaban J connectivity index is 1.57. The van der Waals surface area contributed by atoms with Gasteiger partial charge in [-0.2, -0.15) is 0 Å². The van der Waals surface area contributed by atoms with Gasteiger partial charge in [0.15, 0.2) is 0 Å². The molecule has 2 aromatic carbocycles. The van der Waals surface area contributed by atoms with Gasteiger partial charge in [0, 0.05) is 28.5 Å². The maximum Gasteiger partial charge on any atom is 0.146 e. The number of hydrogen-bond acceptors (Lipinski definition) is 4. The van der Waals surface area contributed by atoms with Crippen LogP contribution in [0.5, 0.6) is 0 Å². The summed E-state index contributed by atoms with van der Waals surface area (Å²) in [5, 5.41) is 1.51. The van der Waals surface area contributed by atoms with Crippen molar-refractivity contribution in [2.45, 2.75) is 6.54 Å². The molecule has 5 rings (SSSR count). The SMILES string of the molecule is Nc1ncnc2c1c(-c1ccc(Cl)cc1)cn2Cc1nc(-c2ccccc2)c[nH]1. The summed E-state index contributed by atoms with van der Waals surface area (Å²) in [6.07, 6.45) is 5.43. The number of imidazole rings is 1. The number of nitrogen functional groups attached to an aromatic ring is 1. The molecule has 0 unspecified atom stereocenters. The van der Waals surface area contributed by atoms with Gasteiger partial charge >= 0.3 is 0 Å². The minimum atomic E-state index is 0.447. The first-order chi connectivity index (χ1) is 14.2. The van der Waals surface area contributed by atoms with Gasteiger partial charge in [-0.05, 0) is 17.7 Å². The average Bonchev–Trinajstić information content (AvgIpc) is 3.36. The lowest BCUT2D eigenvalue weighted by Crippen LogP contribution is -2.02. The molecule has 5 aromatic rings. The van der Waals surface area contributed by atoms with E-state index in [2.05, 4.69) is 15.0 Å². The molecule has 7 heteroatoms. The van der Waals surface area contributed by atoms with Gasteiger partial charge in [-0.15, -0.1) is 0 Å². The number of nitrogens with two attached hydrogens (primary N) is 1. The molecular formula is C22H17ClN6. The number of fused-ring (bicyclic) bond motifs is 1. The highest BCUT2D eigenvalue weighted by atomic mass is 35.5. The van der Waals surface area contributed by atoms with Crippen LogP contribution >= 0.6 is 11.6 Å². The highest BCUT2D eigenvalue weighted by Crippen LogP contribution is 2.33. The summed E-state index contributed by atoms with van der Waals surface area (Å²) in [6, 6.07) is 17.7. The second kappa shape index (κ2) is 7.07. The number of nitrogens with one attached hydrogen (secondary N) is 1. The van der Waals surface area contributed by atoms with Gasteiger partial charge in [0.2, 0.25) is 0 Å². The van der Waals surface area contributed by atoms with Crippen molar-refractivity contribution in [1.29, 1.82) is 0 Å². The van der Waals surface area contributed by atoms with Crippen LogP contribution in [0.2, 0.25) is 5.02 Å². The van der Waals surface area contributed by atoms with Crippen molar-refractivity contribution < 1.29 is 0 Å². The molecule has 0 aliphatic carbocycles. The number of hydrogen-bond donors (Lipinski definition) is 2.